The highest BCUT2D eigenvalue weighted by Crippen LogP contribution is 2.28. The molecule has 1 aliphatic heterocycles. The number of halogens is 1. The second-order valence-electron chi connectivity index (χ2n) is 5.59. The number of urea groups is 1. The molecule has 3 rings (SSSR count). The van der Waals surface area contributed by atoms with E-state index in [1.165, 1.54) is 30.3 Å². The van der Waals surface area contributed by atoms with E-state index in [0.717, 1.165) is 4.90 Å². The number of rotatable bonds is 4. The Morgan fingerprint density at radius 3 is 2.52 bits per heavy atom. The van der Waals surface area contributed by atoms with E-state index in [1.54, 1.807) is 25.1 Å². The standard InChI is InChI=1S/C19H15ClN2O5/c1-2-27-16-8-3-12(20)9-11(16)10-15-17(24)21-19(26)22(18(15)25)13-4-6-14(23)7-5-13/h3-10,23H,2H2,1H3,(H,21,24,26)/b15-10+. The number of phenols is 1. The monoisotopic (exact) mass is 386 g/mol. The third-order valence-corrected chi connectivity index (χ3v) is 4.02. The van der Waals surface area contributed by atoms with Gasteiger partial charge in [0.1, 0.15) is 17.1 Å². The van der Waals surface area contributed by atoms with Gasteiger partial charge in [0.25, 0.3) is 11.8 Å². The normalized spacial score (nSPS) is 15.9. The van der Waals surface area contributed by atoms with Crippen molar-refractivity contribution < 1.29 is 24.2 Å². The van der Waals surface area contributed by atoms with Gasteiger partial charge in [-0.15, -0.1) is 0 Å². The van der Waals surface area contributed by atoms with E-state index in [9.17, 15) is 19.5 Å². The molecular weight excluding hydrogens is 372 g/mol. The fraction of sp³-hybridized carbons (Fsp3) is 0.105. The molecule has 1 saturated heterocycles. The number of ether oxygens (including phenoxy) is 1. The van der Waals surface area contributed by atoms with Crippen LogP contribution in [0.1, 0.15) is 12.5 Å². The minimum absolute atomic E-state index is 0.0178. The Morgan fingerprint density at radius 1 is 1.15 bits per heavy atom. The van der Waals surface area contributed by atoms with Crippen molar-refractivity contribution in [3.05, 3.63) is 58.6 Å². The van der Waals surface area contributed by atoms with E-state index < -0.39 is 17.8 Å². The summed E-state index contributed by atoms with van der Waals surface area (Å²) in [7, 11) is 0. The predicted molar refractivity (Wildman–Crippen MR) is 99.7 cm³/mol. The molecule has 2 N–H and O–H groups in total. The van der Waals surface area contributed by atoms with E-state index in [4.69, 9.17) is 16.3 Å². The fourth-order valence-corrected chi connectivity index (χ4v) is 2.75. The van der Waals surface area contributed by atoms with Gasteiger partial charge in [-0.05, 0) is 55.5 Å². The van der Waals surface area contributed by atoms with Crippen molar-refractivity contribution in [1.29, 1.82) is 0 Å². The molecule has 27 heavy (non-hydrogen) atoms. The van der Waals surface area contributed by atoms with Crippen LogP contribution in [-0.2, 0) is 9.59 Å². The van der Waals surface area contributed by atoms with Gasteiger partial charge in [-0.2, -0.15) is 0 Å². The molecule has 0 saturated carbocycles. The van der Waals surface area contributed by atoms with Gasteiger partial charge in [0, 0.05) is 10.6 Å². The highest BCUT2D eigenvalue weighted by Gasteiger charge is 2.37. The zero-order valence-electron chi connectivity index (χ0n) is 14.2. The summed E-state index contributed by atoms with van der Waals surface area (Å²) in [5, 5.41) is 11.9. The summed E-state index contributed by atoms with van der Waals surface area (Å²) in [4.78, 5) is 38.0. The Balaban J connectivity index is 2.04. The molecule has 0 aromatic heterocycles. The van der Waals surface area contributed by atoms with Crippen molar-refractivity contribution in [3.63, 3.8) is 0 Å². The number of carbonyl (C=O) groups is 3. The van der Waals surface area contributed by atoms with Gasteiger partial charge in [0.15, 0.2) is 0 Å². The van der Waals surface area contributed by atoms with Crippen LogP contribution >= 0.6 is 11.6 Å². The molecule has 8 heteroatoms. The summed E-state index contributed by atoms with van der Waals surface area (Å²) in [5.74, 6) is -1.18. The van der Waals surface area contributed by atoms with Gasteiger partial charge in [-0.1, -0.05) is 11.6 Å². The molecule has 0 aliphatic carbocycles. The highest BCUT2D eigenvalue weighted by molar-refractivity contribution is 6.39. The van der Waals surface area contributed by atoms with Gasteiger partial charge < -0.3 is 9.84 Å². The average molecular weight is 387 g/mol. The van der Waals surface area contributed by atoms with Gasteiger partial charge >= 0.3 is 6.03 Å². The molecule has 0 atom stereocenters. The molecule has 138 valence electrons. The maximum Gasteiger partial charge on any atom is 0.335 e. The van der Waals surface area contributed by atoms with Crippen molar-refractivity contribution >= 4 is 41.2 Å². The molecular formula is C19H15ClN2O5. The van der Waals surface area contributed by atoms with Crippen LogP contribution in [0.25, 0.3) is 6.08 Å². The summed E-state index contributed by atoms with van der Waals surface area (Å²) in [6.45, 7) is 2.19. The zero-order valence-corrected chi connectivity index (χ0v) is 15.0. The van der Waals surface area contributed by atoms with E-state index in [0.29, 0.717) is 22.9 Å². The molecule has 2 aromatic carbocycles. The number of imide groups is 2. The summed E-state index contributed by atoms with van der Waals surface area (Å²) in [6.07, 6.45) is 1.33. The van der Waals surface area contributed by atoms with Gasteiger partial charge in [-0.3, -0.25) is 14.9 Å². The third kappa shape index (κ3) is 3.78. The molecule has 0 unspecified atom stereocenters. The number of hydrogen-bond acceptors (Lipinski definition) is 5. The lowest BCUT2D eigenvalue weighted by Gasteiger charge is -2.26. The summed E-state index contributed by atoms with van der Waals surface area (Å²) >= 11 is 6.01. The predicted octanol–water partition coefficient (Wildman–Crippen LogP) is 3.11. The lowest BCUT2D eigenvalue weighted by Crippen LogP contribution is -2.54. The Hall–Kier alpha value is -3.32. The SMILES string of the molecule is CCOc1ccc(Cl)cc1/C=C1\C(=O)NC(=O)N(c2ccc(O)cc2)C1=O. The number of hydrogen-bond donors (Lipinski definition) is 2. The topological polar surface area (TPSA) is 95.9 Å². The highest BCUT2D eigenvalue weighted by atomic mass is 35.5. The Morgan fingerprint density at radius 2 is 1.85 bits per heavy atom. The number of nitrogens with one attached hydrogen (secondary N) is 1. The van der Waals surface area contributed by atoms with E-state index in [2.05, 4.69) is 5.32 Å². The number of nitrogens with zero attached hydrogens (tertiary/aromatic N) is 1. The van der Waals surface area contributed by atoms with Gasteiger partial charge in [-0.25, -0.2) is 9.69 Å². The van der Waals surface area contributed by atoms with E-state index in [1.807, 2.05) is 0 Å². The number of benzene rings is 2. The first-order valence-electron chi connectivity index (χ1n) is 8.03. The largest absolute Gasteiger partial charge is 0.508 e. The van der Waals surface area contributed by atoms with Crippen LogP contribution in [0, 0.1) is 0 Å². The molecule has 0 radical (unpaired) electrons. The third-order valence-electron chi connectivity index (χ3n) is 3.78. The van der Waals surface area contributed by atoms with E-state index in [-0.39, 0.29) is 17.0 Å². The fourth-order valence-electron chi connectivity index (χ4n) is 2.57. The number of barbiturate groups is 1. The van der Waals surface area contributed by atoms with Crippen molar-refractivity contribution in [1.82, 2.24) is 5.32 Å². The minimum Gasteiger partial charge on any atom is -0.508 e. The van der Waals surface area contributed by atoms with Crippen LogP contribution in [0.5, 0.6) is 11.5 Å². The Kier molecular flexibility index (Phi) is 5.14. The molecule has 1 fully saturated rings. The Labute approximate surface area is 159 Å². The number of aromatic hydroxyl groups is 1. The second-order valence-corrected chi connectivity index (χ2v) is 6.03. The lowest BCUT2D eigenvalue weighted by molar-refractivity contribution is -0.122. The summed E-state index contributed by atoms with van der Waals surface area (Å²) in [6, 6.07) is 9.40. The van der Waals surface area contributed by atoms with Crippen molar-refractivity contribution in [2.45, 2.75) is 6.92 Å². The first-order chi connectivity index (χ1) is 12.9. The number of phenolic OH excluding ortho intramolecular Hbond substituents is 1. The quantitative estimate of drug-likeness (QED) is 0.621. The maximum atomic E-state index is 12.8. The maximum absolute atomic E-state index is 12.8. The van der Waals surface area contributed by atoms with Gasteiger partial charge in [0.05, 0.1) is 12.3 Å². The first-order valence-corrected chi connectivity index (χ1v) is 8.41. The molecule has 0 bridgehead atoms. The van der Waals surface area contributed by atoms with Crippen LogP contribution in [-0.4, -0.2) is 29.6 Å². The Bertz CT molecular complexity index is 953. The minimum atomic E-state index is -0.871. The van der Waals surface area contributed by atoms with Crippen molar-refractivity contribution in [2.75, 3.05) is 11.5 Å². The lowest BCUT2D eigenvalue weighted by atomic mass is 10.1. The average Bonchev–Trinajstić information content (AvgIpc) is 2.62. The molecule has 1 heterocycles. The molecule has 2 aromatic rings. The zero-order chi connectivity index (χ0) is 19.6. The van der Waals surface area contributed by atoms with Crippen LogP contribution < -0.4 is 15.0 Å². The molecule has 1 aliphatic rings. The number of anilines is 1. The van der Waals surface area contributed by atoms with Crippen molar-refractivity contribution in [2.24, 2.45) is 0 Å². The van der Waals surface area contributed by atoms with Crippen molar-refractivity contribution in [3.8, 4) is 11.5 Å². The molecule has 0 spiro atoms. The van der Waals surface area contributed by atoms with E-state index >= 15 is 0 Å². The molecule has 4 amide bonds. The summed E-state index contributed by atoms with van der Waals surface area (Å²) in [5.41, 5.74) is 0.401. The first kappa shape index (κ1) is 18.5. The van der Waals surface area contributed by atoms with Crippen LogP contribution in [0.15, 0.2) is 48.0 Å². The van der Waals surface area contributed by atoms with Crippen LogP contribution in [0.4, 0.5) is 10.5 Å². The number of amides is 4. The second kappa shape index (κ2) is 7.51. The summed E-state index contributed by atoms with van der Waals surface area (Å²) < 4.78 is 5.50. The smallest absolute Gasteiger partial charge is 0.335 e. The van der Waals surface area contributed by atoms with Crippen LogP contribution in [0.2, 0.25) is 5.02 Å². The number of carbonyl (C=O) groups excluding carboxylic acids is 3. The van der Waals surface area contributed by atoms with Crippen LogP contribution in [0.3, 0.4) is 0 Å². The molecule has 7 nitrogen and oxygen atoms in total. The van der Waals surface area contributed by atoms with Gasteiger partial charge in [0.2, 0.25) is 0 Å².